The van der Waals surface area contributed by atoms with Crippen LogP contribution in [0.15, 0.2) is 41.3 Å². The van der Waals surface area contributed by atoms with Crippen molar-refractivity contribution in [1.82, 2.24) is 24.4 Å². The van der Waals surface area contributed by atoms with Gasteiger partial charge in [0.2, 0.25) is 0 Å². The summed E-state index contributed by atoms with van der Waals surface area (Å²) in [7, 11) is 0. The van der Waals surface area contributed by atoms with Gasteiger partial charge in [0.15, 0.2) is 11.2 Å². The van der Waals surface area contributed by atoms with Crippen LogP contribution in [0, 0.1) is 11.7 Å². The molecule has 3 aromatic heterocycles. The summed E-state index contributed by atoms with van der Waals surface area (Å²) >= 11 is 0. The van der Waals surface area contributed by atoms with E-state index in [1.165, 1.54) is 27.4 Å². The maximum absolute atomic E-state index is 13.4. The molecule has 0 saturated heterocycles. The monoisotopic (exact) mass is 409 g/mol. The van der Waals surface area contributed by atoms with Gasteiger partial charge in [-0.3, -0.25) is 9.36 Å². The van der Waals surface area contributed by atoms with E-state index in [9.17, 15) is 19.1 Å². The number of aromatic nitrogens is 5. The van der Waals surface area contributed by atoms with Crippen molar-refractivity contribution >= 4 is 22.6 Å². The lowest BCUT2D eigenvalue weighted by atomic mass is 10.0. The zero-order valence-electron chi connectivity index (χ0n) is 16.7. The number of aliphatic carboxylic acids is 1. The molecule has 3 heterocycles. The molecule has 9 heteroatoms. The number of hydrogen-bond acceptors (Lipinski definition) is 5. The molecule has 0 bridgehead atoms. The van der Waals surface area contributed by atoms with Gasteiger partial charge in [-0.15, -0.1) is 10.2 Å². The lowest BCUT2D eigenvalue weighted by Crippen LogP contribution is -2.33. The minimum Gasteiger partial charge on any atom is -0.480 e. The Labute approximate surface area is 170 Å². The smallest absolute Gasteiger partial charge is 0.327 e. The van der Waals surface area contributed by atoms with Gasteiger partial charge in [-0.05, 0) is 36.1 Å². The molecule has 0 aliphatic carbocycles. The van der Waals surface area contributed by atoms with Crippen molar-refractivity contribution < 1.29 is 14.3 Å². The summed E-state index contributed by atoms with van der Waals surface area (Å²) in [5.74, 6) is -1.73. The fraction of sp³-hybridized carbons (Fsp3) is 0.286. The Bertz CT molecular complexity index is 1320. The van der Waals surface area contributed by atoms with Crippen LogP contribution in [0.3, 0.4) is 0 Å². The first kappa shape index (κ1) is 19.7. The number of hydrogen-bond donors (Lipinski definition) is 1. The Hall–Kier alpha value is -3.62. The van der Waals surface area contributed by atoms with Crippen molar-refractivity contribution in [3.05, 3.63) is 58.4 Å². The summed E-state index contributed by atoms with van der Waals surface area (Å²) in [6, 6.07) is 6.63. The van der Waals surface area contributed by atoms with E-state index in [4.69, 9.17) is 0 Å². The first-order valence-electron chi connectivity index (χ1n) is 9.61. The zero-order chi connectivity index (χ0) is 21.6. The molecule has 1 N–H and O–H groups in total. The van der Waals surface area contributed by atoms with Crippen LogP contribution in [0.1, 0.15) is 32.5 Å². The first-order chi connectivity index (χ1) is 14.3. The van der Waals surface area contributed by atoms with Crippen molar-refractivity contribution in [3.63, 3.8) is 0 Å². The van der Waals surface area contributed by atoms with Crippen LogP contribution in [0.5, 0.6) is 0 Å². The van der Waals surface area contributed by atoms with Gasteiger partial charge >= 0.3 is 5.97 Å². The number of pyridine rings is 1. The number of carboxylic acids is 1. The van der Waals surface area contributed by atoms with E-state index in [1.807, 2.05) is 6.92 Å². The van der Waals surface area contributed by atoms with Crippen molar-refractivity contribution in [2.45, 2.75) is 33.2 Å². The molecule has 0 saturated carbocycles. The van der Waals surface area contributed by atoms with Gasteiger partial charge in [0, 0.05) is 6.20 Å². The molecule has 30 heavy (non-hydrogen) atoms. The second-order valence-corrected chi connectivity index (χ2v) is 7.41. The number of benzene rings is 1. The third-order valence-corrected chi connectivity index (χ3v) is 5.13. The number of rotatable bonds is 5. The summed E-state index contributed by atoms with van der Waals surface area (Å²) in [6.45, 7) is 5.41. The normalized spacial score (nSPS) is 12.7. The van der Waals surface area contributed by atoms with E-state index in [0.717, 1.165) is 16.8 Å². The number of carbonyl (C=O) groups is 1. The lowest BCUT2D eigenvalue weighted by Gasteiger charge is -2.19. The molecule has 0 aliphatic heterocycles. The second kappa shape index (κ2) is 7.33. The summed E-state index contributed by atoms with van der Waals surface area (Å²) in [5.41, 5.74) is 2.57. The van der Waals surface area contributed by atoms with Crippen LogP contribution >= 0.6 is 0 Å². The molecule has 1 aromatic carbocycles. The van der Waals surface area contributed by atoms with Crippen LogP contribution in [0.2, 0.25) is 0 Å². The molecule has 4 aromatic rings. The molecule has 0 unspecified atom stereocenters. The van der Waals surface area contributed by atoms with Gasteiger partial charge in [-0.1, -0.05) is 32.9 Å². The SMILES string of the molecule is CCc1nn2c(nnc3c(=O)n([C@H](C(=O)O)C(C)C)ccc32)c1-c1ccc(F)cc1. The maximum atomic E-state index is 13.4. The van der Waals surface area contributed by atoms with Crippen molar-refractivity contribution in [2.75, 3.05) is 0 Å². The largest absolute Gasteiger partial charge is 0.480 e. The van der Waals surface area contributed by atoms with E-state index in [-0.39, 0.29) is 17.3 Å². The summed E-state index contributed by atoms with van der Waals surface area (Å²) in [4.78, 5) is 24.7. The van der Waals surface area contributed by atoms with Crippen molar-refractivity contribution in [2.24, 2.45) is 5.92 Å². The molecule has 154 valence electrons. The van der Waals surface area contributed by atoms with E-state index in [0.29, 0.717) is 17.6 Å². The third-order valence-electron chi connectivity index (χ3n) is 5.13. The van der Waals surface area contributed by atoms with E-state index >= 15 is 0 Å². The average Bonchev–Trinajstić information content (AvgIpc) is 3.09. The van der Waals surface area contributed by atoms with Gasteiger partial charge in [0.25, 0.3) is 5.56 Å². The Morgan fingerprint density at radius 2 is 1.87 bits per heavy atom. The second-order valence-electron chi connectivity index (χ2n) is 7.41. The molecule has 0 aliphatic rings. The number of aryl methyl sites for hydroxylation is 1. The van der Waals surface area contributed by atoms with Gasteiger partial charge < -0.3 is 5.11 Å². The van der Waals surface area contributed by atoms with Crippen LogP contribution in [0.4, 0.5) is 4.39 Å². The highest BCUT2D eigenvalue weighted by Gasteiger charge is 2.26. The molecule has 0 spiro atoms. The Morgan fingerprint density at radius 3 is 2.47 bits per heavy atom. The van der Waals surface area contributed by atoms with Gasteiger partial charge in [0.05, 0.1) is 11.3 Å². The average molecular weight is 409 g/mol. The molecule has 0 amide bonds. The van der Waals surface area contributed by atoms with Crippen LogP contribution in [-0.4, -0.2) is 35.5 Å². The maximum Gasteiger partial charge on any atom is 0.327 e. The molecular weight excluding hydrogens is 389 g/mol. The number of carboxylic acid groups (broad SMARTS) is 1. The van der Waals surface area contributed by atoms with E-state index < -0.39 is 17.6 Å². The van der Waals surface area contributed by atoms with E-state index in [1.54, 1.807) is 32.0 Å². The van der Waals surface area contributed by atoms with Crippen LogP contribution in [0.25, 0.3) is 27.8 Å². The molecule has 0 fully saturated rings. The Kier molecular flexibility index (Phi) is 4.81. The molecule has 0 radical (unpaired) electrons. The molecular formula is C21H20FN5O3. The summed E-state index contributed by atoms with van der Waals surface area (Å²) < 4.78 is 16.1. The minimum absolute atomic E-state index is 0.0349. The number of halogens is 1. The molecule has 4 rings (SSSR count). The fourth-order valence-electron chi connectivity index (χ4n) is 3.71. The first-order valence-corrected chi connectivity index (χ1v) is 9.61. The topological polar surface area (TPSA) is 102 Å². The Morgan fingerprint density at radius 1 is 1.17 bits per heavy atom. The van der Waals surface area contributed by atoms with Crippen LogP contribution in [-0.2, 0) is 11.2 Å². The number of nitrogens with zero attached hydrogens (tertiary/aromatic N) is 5. The van der Waals surface area contributed by atoms with E-state index in [2.05, 4.69) is 15.3 Å². The molecule has 1 atom stereocenters. The van der Waals surface area contributed by atoms with Crippen molar-refractivity contribution in [3.8, 4) is 11.1 Å². The zero-order valence-corrected chi connectivity index (χ0v) is 16.7. The summed E-state index contributed by atoms with van der Waals surface area (Å²) in [6.07, 6.45) is 2.05. The predicted octanol–water partition coefficient (Wildman–Crippen LogP) is 3.09. The Balaban J connectivity index is 1.99. The highest BCUT2D eigenvalue weighted by Crippen LogP contribution is 2.29. The quantitative estimate of drug-likeness (QED) is 0.543. The third kappa shape index (κ3) is 3.02. The summed E-state index contributed by atoms with van der Waals surface area (Å²) in [5, 5.41) is 22.5. The van der Waals surface area contributed by atoms with Crippen LogP contribution < -0.4 is 5.56 Å². The molecule has 8 nitrogen and oxygen atoms in total. The van der Waals surface area contributed by atoms with Gasteiger partial charge in [0.1, 0.15) is 17.4 Å². The van der Waals surface area contributed by atoms with Gasteiger partial charge in [-0.2, -0.15) is 5.10 Å². The lowest BCUT2D eigenvalue weighted by molar-refractivity contribution is -0.142. The highest BCUT2D eigenvalue weighted by molar-refractivity contribution is 5.84. The minimum atomic E-state index is -1.09. The van der Waals surface area contributed by atoms with Gasteiger partial charge in [-0.25, -0.2) is 13.7 Å². The fourth-order valence-corrected chi connectivity index (χ4v) is 3.71. The number of fused-ring (bicyclic) bond motifs is 3. The van der Waals surface area contributed by atoms with Crippen molar-refractivity contribution in [1.29, 1.82) is 0 Å². The standard InChI is InChI=1S/C21H20FN5O3/c1-4-14-16(12-5-7-13(22)8-6-12)19-24-23-17-15(27(19)25-14)9-10-26(20(17)28)18(11(2)3)21(29)30/h5-11,18H,4H2,1-3H3,(H,29,30)/t18-/m0/s1. The predicted molar refractivity (Wildman–Crippen MR) is 109 cm³/mol. The highest BCUT2D eigenvalue weighted by atomic mass is 19.1.